The number of aromatic nitrogens is 1. The van der Waals surface area contributed by atoms with Crippen LogP contribution < -0.4 is 9.47 Å². The number of phenolic OH excluding ortho intramolecular Hbond substituents is 1. The molecule has 29 heavy (non-hydrogen) atoms. The molecule has 6 heteroatoms. The van der Waals surface area contributed by atoms with Crippen LogP contribution in [0.4, 0.5) is 0 Å². The summed E-state index contributed by atoms with van der Waals surface area (Å²) in [5, 5.41) is 16.8. The Bertz CT molecular complexity index is 1070. The van der Waals surface area contributed by atoms with E-state index in [1.54, 1.807) is 24.5 Å². The summed E-state index contributed by atoms with van der Waals surface area (Å²) in [6.45, 7) is 2.53. The Labute approximate surface area is 169 Å². The fourth-order valence-electron chi connectivity index (χ4n) is 3.96. The lowest BCUT2D eigenvalue weighted by atomic mass is 9.95. The van der Waals surface area contributed by atoms with Gasteiger partial charge >= 0.3 is 0 Å². The molecule has 0 bridgehead atoms. The zero-order valence-corrected chi connectivity index (χ0v) is 16.0. The Balaban J connectivity index is 1.61. The Morgan fingerprint density at radius 1 is 1.14 bits per heavy atom. The highest BCUT2D eigenvalue weighted by molar-refractivity contribution is 6.02. The standard InChI is InChI=1S/C23H21N3O3/c1-2-28-21-8-4-7-18-20-14-19(16-5-3-6-17(27)13-16)25-26(20)23(29-22(18)21)15-9-11-24-12-10-15/h3-13,20,23,27H,2,14H2,1H3/t20-,23+/m0/s1. The minimum atomic E-state index is -0.382. The molecule has 1 aromatic heterocycles. The third kappa shape index (κ3) is 3.06. The Hall–Kier alpha value is -3.54. The summed E-state index contributed by atoms with van der Waals surface area (Å²) < 4.78 is 12.3. The average Bonchev–Trinajstić information content (AvgIpc) is 3.20. The maximum absolute atomic E-state index is 9.90. The van der Waals surface area contributed by atoms with Crippen molar-refractivity contribution in [1.82, 2.24) is 9.99 Å². The van der Waals surface area contributed by atoms with Crippen LogP contribution in [-0.2, 0) is 0 Å². The van der Waals surface area contributed by atoms with Gasteiger partial charge in [0.25, 0.3) is 0 Å². The highest BCUT2D eigenvalue weighted by Gasteiger charge is 2.42. The second-order valence-corrected chi connectivity index (χ2v) is 7.06. The summed E-state index contributed by atoms with van der Waals surface area (Å²) in [4.78, 5) is 4.13. The molecule has 2 aliphatic rings. The second kappa shape index (κ2) is 7.13. The lowest BCUT2D eigenvalue weighted by molar-refractivity contribution is -0.0212. The van der Waals surface area contributed by atoms with E-state index >= 15 is 0 Å². The van der Waals surface area contributed by atoms with Crippen molar-refractivity contribution < 1.29 is 14.6 Å². The molecule has 0 unspecified atom stereocenters. The van der Waals surface area contributed by atoms with Gasteiger partial charge in [-0.05, 0) is 37.3 Å². The molecule has 0 saturated carbocycles. The largest absolute Gasteiger partial charge is 0.508 e. The quantitative estimate of drug-likeness (QED) is 0.717. The molecular formula is C23H21N3O3. The van der Waals surface area contributed by atoms with E-state index in [9.17, 15) is 5.11 Å². The summed E-state index contributed by atoms with van der Waals surface area (Å²) in [6, 6.07) is 17.1. The fourth-order valence-corrected chi connectivity index (χ4v) is 3.96. The summed E-state index contributed by atoms with van der Waals surface area (Å²) in [5.41, 5.74) is 3.86. The molecule has 2 aliphatic heterocycles. The molecule has 0 radical (unpaired) electrons. The van der Waals surface area contributed by atoms with E-state index in [-0.39, 0.29) is 18.0 Å². The lowest BCUT2D eigenvalue weighted by Crippen LogP contribution is -2.33. The number of hydrazone groups is 1. The van der Waals surface area contributed by atoms with E-state index in [4.69, 9.17) is 14.6 Å². The van der Waals surface area contributed by atoms with Crippen molar-refractivity contribution in [3.8, 4) is 17.2 Å². The molecular weight excluding hydrogens is 366 g/mol. The molecule has 0 fully saturated rings. The first kappa shape index (κ1) is 17.6. The van der Waals surface area contributed by atoms with Gasteiger partial charge in [0, 0.05) is 35.5 Å². The first-order valence-corrected chi connectivity index (χ1v) is 9.72. The first-order valence-electron chi connectivity index (χ1n) is 9.72. The number of rotatable bonds is 4. The van der Waals surface area contributed by atoms with E-state index in [1.165, 1.54) is 0 Å². The number of hydrogen-bond donors (Lipinski definition) is 1. The van der Waals surface area contributed by atoms with Gasteiger partial charge in [-0.15, -0.1) is 0 Å². The zero-order chi connectivity index (χ0) is 19.8. The van der Waals surface area contributed by atoms with Crippen LogP contribution >= 0.6 is 0 Å². The average molecular weight is 387 g/mol. The smallest absolute Gasteiger partial charge is 0.214 e. The van der Waals surface area contributed by atoms with Gasteiger partial charge in [-0.3, -0.25) is 4.98 Å². The molecule has 5 rings (SSSR count). The SMILES string of the molecule is CCOc1cccc2c1O[C@H](c1ccncc1)N1N=C(c3cccc(O)c3)C[C@@H]21. The van der Waals surface area contributed by atoms with Crippen LogP contribution in [0.1, 0.15) is 42.3 Å². The third-order valence-corrected chi connectivity index (χ3v) is 5.25. The topological polar surface area (TPSA) is 67.2 Å². The van der Waals surface area contributed by atoms with Crippen LogP contribution in [0.2, 0.25) is 0 Å². The second-order valence-electron chi connectivity index (χ2n) is 7.06. The molecule has 2 atom stereocenters. The Kier molecular flexibility index (Phi) is 4.31. The molecule has 1 N–H and O–H groups in total. The fraction of sp³-hybridized carbons (Fsp3) is 0.217. The summed E-state index contributed by atoms with van der Waals surface area (Å²) in [7, 11) is 0. The van der Waals surface area contributed by atoms with E-state index < -0.39 is 0 Å². The van der Waals surface area contributed by atoms with E-state index in [0.29, 0.717) is 6.61 Å². The maximum Gasteiger partial charge on any atom is 0.214 e. The molecule has 0 amide bonds. The van der Waals surface area contributed by atoms with E-state index in [0.717, 1.165) is 40.3 Å². The third-order valence-electron chi connectivity index (χ3n) is 5.25. The van der Waals surface area contributed by atoms with E-state index in [2.05, 4.69) is 11.1 Å². The molecule has 0 saturated heterocycles. The predicted octanol–water partition coefficient (Wildman–Crippen LogP) is 4.43. The van der Waals surface area contributed by atoms with Crippen molar-refractivity contribution in [1.29, 1.82) is 0 Å². The molecule has 6 nitrogen and oxygen atoms in total. The lowest BCUT2D eigenvalue weighted by Gasteiger charge is -2.38. The minimum absolute atomic E-state index is 0.0228. The number of fused-ring (bicyclic) bond motifs is 3. The maximum atomic E-state index is 9.90. The molecule has 3 heterocycles. The molecule has 146 valence electrons. The predicted molar refractivity (Wildman–Crippen MR) is 109 cm³/mol. The number of phenols is 1. The number of aromatic hydroxyl groups is 1. The van der Waals surface area contributed by atoms with Gasteiger partial charge in [0.1, 0.15) is 5.75 Å². The number of benzene rings is 2. The normalized spacial score (nSPS) is 19.8. The molecule has 3 aromatic rings. The van der Waals surface area contributed by atoms with E-state index in [1.807, 2.05) is 48.3 Å². The minimum Gasteiger partial charge on any atom is -0.508 e. The van der Waals surface area contributed by atoms with Gasteiger partial charge < -0.3 is 14.6 Å². The van der Waals surface area contributed by atoms with Crippen LogP contribution in [0, 0.1) is 0 Å². The van der Waals surface area contributed by atoms with Crippen molar-refractivity contribution in [2.45, 2.75) is 25.6 Å². The van der Waals surface area contributed by atoms with Gasteiger partial charge in [0.2, 0.25) is 6.23 Å². The van der Waals surface area contributed by atoms with Crippen molar-refractivity contribution in [3.05, 3.63) is 83.7 Å². The monoisotopic (exact) mass is 387 g/mol. The number of pyridine rings is 1. The number of para-hydroxylation sites is 1. The number of ether oxygens (including phenoxy) is 2. The highest BCUT2D eigenvalue weighted by atomic mass is 16.5. The first-order chi connectivity index (χ1) is 14.2. The summed E-state index contributed by atoms with van der Waals surface area (Å²) in [5.74, 6) is 1.75. The zero-order valence-electron chi connectivity index (χ0n) is 16.0. The van der Waals surface area contributed by atoms with Crippen LogP contribution in [0.25, 0.3) is 0 Å². The van der Waals surface area contributed by atoms with Gasteiger partial charge in [-0.2, -0.15) is 5.10 Å². The molecule has 2 aromatic carbocycles. The Morgan fingerprint density at radius 2 is 1.97 bits per heavy atom. The van der Waals surface area contributed by atoms with Crippen LogP contribution in [0.3, 0.4) is 0 Å². The highest BCUT2D eigenvalue weighted by Crippen LogP contribution is 2.50. The van der Waals surface area contributed by atoms with Gasteiger partial charge in [-0.1, -0.05) is 24.3 Å². The van der Waals surface area contributed by atoms with Crippen molar-refractivity contribution in [2.75, 3.05) is 6.61 Å². The summed E-state index contributed by atoms with van der Waals surface area (Å²) >= 11 is 0. The van der Waals surface area contributed by atoms with Crippen LogP contribution in [0.15, 0.2) is 72.1 Å². The summed E-state index contributed by atoms with van der Waals surface area (Å²) in [6.07, 6.45) is 3.85. The van der Waals surface area contributed by atoms with Gasteiger partial charge in [-0.25, -0.2) is 5.01 Å². The van der Waals surface area contributed by atoms with Crippen molar-refractivity contribution in [3.63, 3.8) is 0 Å². The number of nitrogens with zero attached hydrogens (tertiary/aromatic N) is 3. The van der Waals surface area contributed by atoms with Crippen LogP contribution in [0.5, 0.6) is 17.2 Å². The van der Waals surface area contributed by atoms with Gasteiger partial charge in [0.15, 0.2) is 11.5 Å². The number of hydrogen-bond acceptors (Lipinski definition) is 6. The molecule has 0 spiro atoms. The Morgan fingerprint density at radius 3 is 2.76 bits per heavy atom. The molecule has 0 aliphatic carbocycles. The van der Waals surface area contributed by atoms with Gasteiger partial charge in [0.05, 0.1) is 18.4 Å². The van der Waals surface area contributed by atoms with Crippen molar-refractivity contribution in [2.24, 2.45) is 5.10 Å². The van der Waals surface area contributed by atoms with Crippen LogP contribution in [-0.4, -0.2) is 27.4 Å². The van der Waals surface area contributed by atoms with Crippen molar-refractivity contribution >= 4 is 5.71 Å².